The Kier molecular flexibility index (Phi) is 6.16. The van der Waals surface area contributed by atoms with Gasteiger partial charge in [-0.15, -0.1) is 0 Å². The zero-order valence-electron chi connectivity index (χ0n) is 16.6. The van der Waals surface area contributed by atoms with Gasteiger partial charge in [0.15, 0.2) is 5.76 Å². The third kappa shape index (κ3) is 4.26. The fourth-order valence-electron chi connectivity index (χ4n) is 3.03. The van der Waals surface area contributed by atoms with Gasteiger partial charge in [-0.05, 0) is 30.3 Å². The quantitative estimate of drug-likeness (QED) is 0.595. The van der Waals surface area contributed by atoms with Crippen LogP contribution in [0.15, 0.2) is 47.1 Å². The van der Waals surface area contributed by atoms with Gasteiger partial charge in [0.05, 0.1) is 25.5 Å². The van der Waals surface area contributed by atoms with E-state index < -0.39 is 0 Å². The second-order valence-electron chi connectivity index (χ2n) is 6.62. The summed E-state index contributed by atoms with van der Waals surface area (Å²) in [5, 5.41) is 0.985. The lowest BCUT2D eigenvalue weighted by Crippen LogP contribution is -2.34. The number of nitrogens with zero attached hydrogens (tertiary/aromatic N) is 3. The van der Waals surface area contributed by atoms with Crippen LogP contribution in [-0.2, 0) is 11.3 Å². The van der Waals surface area contributed by atoms with E-state index in [-0.39, 0.29) is 5.91 Å². The number of aromatic nitrogens is 1. The molecule has 0 aliphatic heterocycles. The summed E-state index contributed by atoms with van der Waals surface area (Å²) in [4.78, 5) is 21.3. The molecule has 1 aromatic carbocycles. The maximum atomic E-state index is 12.9. The number of ether oxygens (including phenoxy) is 2. The molecule has 148 valence electrons. The first kappa shape index (κ1) is 19.7. The number of methoxy groups -OCH3 is 2. The Bertz CT molecular complexity index is 938. The van der Waals surface area contributed by atoms with E-state index in [0.29, 0.717) is 25.5 Å². The Morgan fingerprint density at radius 1 is 1.18 bits per heavy atom. The van der Waals surface area contributed by atoms with E-state index in [9.17, 15) is 4.79 Å². The van der Waals surface area contributed by atoms with E-state index in [0.717, 1.165) is 28.0 Å². The molecule has 2 aromatic heterocycles. The number of hydrogen-bond donors (Lipinski definition) is 0. The van der Waals surface area contributed by atoms with Crippen LogP contribution >= 0.6 is 0 Å². The Morgan fingerprint density at radius 3 is 2.64 bits per heavy atom. The van der Waals surface area contributed by atoms with Crippen molar-refractivity contribution in [1.29, 1.82) is 0 Å². The number of hydrogen-bond acceptors (Lipinski definition) is 6. The summed E-state index contributed by atoms with van der Waals surface area (Å²) in [6, 6.07) is 11.2. The molecule has 7 nitrogen and oxygen atoms in total. The Balaban J connectivity index is 1.98. The molecule has 1 amide bonds. The van der Waals surface area contributed by atoms with Gasteiger partial charge in [-0.2, -0.15) is 0 Å². The van der Waals surface area contributed by atoms with Crippen molar-refractivity contribution in [2.75, 3.05) is 46.4 Å². The molecule has 0 radical (unpaired) electrons. The number of fused-ring (bicyclic) bond motifs is 1. The molecule has 0 aliphatic carbocycles. The van der Waals surface area contributed by atoms with Gasteiger partial charge in [0.2, 0.25) is 0 Å². The molecule has 0 atom stereocenters. The third-order valence-corrected chi connectivity index (χ3v) is 4.45. The first-order chi connectivity index (χ1) is 13.5. The summed E-state index contributed by atoms with van der Waals surface area (Å²) in [5.74, 6) is 1.69. The molecular weight excluding hydrogens is 358 g/mol. The number of carbonyl (C=O) groups excluding carboxylic acids is 1. The van der Waals surface area contributed by atoms with Crippen LogP contribution in [0.4, 0.5) is 5.82 Å². The average Bonchev–Trinajstić information content (AvgIpc) is 3.24. The van der Waals surface area contributed by atoms with Crippen LogP contribution in [0.3, 0.4) is 0 Å². The van der Waals surface area contributed by atoms with Crippen LogP contribution in [0, 0.1) is 0 Å². The molecular formula is C21H25N3O4. The monoisotopic (exact) mass is 383 g/mol. The molecule has 0 spiro atoms. The molecule has 0 saturated heterocycles. The normalized spacial score (nSPS) is 10.9. The first-order valence-corrected chi connectivity index (χ1v) is 9.00. The van der Waals surface area contributed by atoms with E-state index in [1.54, 1.807) is 31.3 Å². The van der Waals surface area contributed by atoms with Gasteiger partial charge in [0, 0.05) is 51.3 Å². The Hall–Kier alpha value is -3.06. The maximum Gasteiger partial charge on any atom is 0.289 e. The Labute approximate surface area is 164 Å². The minimum absolute atomic E-state index is 0.179. The van der Waals surface area contributed by atoms with Crippen LogP contribution in [0.2, 0.25) is 0 Å². The topological polar surface area (TPSA) is 68.0 Å². The van der Waals surface area contributed by atoms with Crippen molar-refractivity contribution < 1.29 is 18.7 Å². The predicted molar refractivity (Wildman–Crippen MR) is 108 cm³/mol. The first-order valence-electron chi connectivity index (χ1n) is 9.00. The molecule has 7 heteroatoms. The van der Waals surface area contributed by atoms with E-state index >= 15 is 0 Å². The minimum Gasteiger partial charge on any atom is -0.497 e. The van der Waals surface area contributed by atoms with Crippen LogP contribution in [-0.4, -0.2) is 57.3 Å². The number of carbonyl (C=O) groups is 1. The van der Waals surface area contributed by atoms with E-state index in [2.05, 4.69) is 6.07 Å². The van der Waals surface area contributed by atoms with E-state index in [1.165, 1.54) is 6.26 Å². The number of anilines is 1. The highest BCUT2D eigenvalue weighted by atomic mass is 16.5. The molecule has 3 aromatic rings. The minimum atomic E-state index is -0.179. The zero-order valence-corrected chi connectivity index (χ0v) is 16.6. The number of rotatable bonds is 8. The molecule has 0 N–H and O–H groups in total. The molecule has 0 unspecified atom stereocenters. The van der Waals surface area contributed by atoms with Gasteiger partial charge >= 0.3 is 0 Å². The van der Waals surface area contributed by atoms with Crippen LogP contribution in [0.5, 0.6) is 5.75 Å². The maximum absolute atomic E-state index is 12.9. The molecule has 28 heavy (non-hydrogen) atoms. The highest BCUT2D eigenvalue weighted by molar-refractivity contribution is 5.91. The van der Waals surface area contributed by atoms with Gasteiger partial charge in [0.1, 0.15) is 11.6 Å². The second kappa shape index (κ2) is 8.75. The van der Waals surface area contributed by atoms with Gasteiger partial charge in [-0.1, -0.05) is 0 Å². The zero-order chi connectivity index (χ0) is 20.1. The highest BCUT2D eigenvalue weighted by Crippen LogP contribution is 2.27. The van der Waals surface area contributed by atoms with Crippen molar-refractivity contribution in [3.8, 4) is 5.75 Å². The van der Waals surface area contributed by atoms with Gasteiger partial charge < -0.3 is 23.7 Å². The highest BCUT2D eigenvalue weighted by Gasteiger charge is 2.21. The van der Waals surface area contributed by atoms with Gasteiger partial charge in [-0.3, -0.25) is 4.79 Å². The SMILES string of the molecule is COCCN(Cc1cc2ccc(OC)cc2nc1N(C)C)C(=O)c1ccco1. The summed E-state index contributed by atoms with van der Waals surface area (Å²) in [7, 11) is 7.12. The lowest BCUT2D eigenvalue weighted by molar-refractivity contribution is 0.0649. The number of amides is 1. The van der Waals surface area contributed by atoms with Crippen molar-refractivity contribution in [3.05, 3.63) is 54.0 Å². The van der Waals surface area contributed by atoms with Crippen LogP contribution in [0.1, 0.15) is 16.1 Å². The second-order valence-corrected chi connectivity index (χ2v) is 6.62. The molecule has 0 bridgehead atoms. The summed E-state index contributed by atoms with van der Waals surface area (Å²) < 4.78 is 15.8. The van der Waals surface area contributed by atoms with Crippen molar-refractivity contribution >= 4 is 22.6 Å². The number of benzene rings is 1. The molecule has 0 fully saturated rings. The van der Waals surface area contributed by atoms with Crippen molar-refractivity contribution in [1.82, 2.24) is 9.88 Å². The summed E-state index contributed by atoms with van der Waals surface area (Å²) in [6.07, 6.45) is 1.50. The largest absolute Gasteiger partial charge is 0.497 e. The van der Waals surface area contributed by atoms with Crippen molar-refractivity contribution in [3.63, 3.8) is 0 Å². The fourth-order valence-corrected chi connectivity index (χ4v) is 3.03. The van der Waals surface area contributed by atoms with E-state index in [1.807, 2.05) is 37.2 Å². The molecule has 2 heterocycles. The average molecular weight is 383 g/mol. The summed E-state index contributed by atoms with van der Waals surface area (Å²) in [5.41, 5.74) is 1.78. The Morgan fingerprint density at radius 2 is 2.00 bits per heavy atom. The van der Waals surface area contributed by atoms with Crippen molar-refractivity contribution in [2.24, 2.45) is 0 Å². The van der Waals surface area contributed by atoms with Crippen LogP contribution in [0.25, 0.3) is 10.9 Å². The fraction of sp³-hybridized carbons (Fsp3) is 0.333. The van der Waals surface area contributed by atoms with Gasteiger partial charge in [0.25, 0.3) is 5.91 Å². The van der Waals surface area contributed by atoms with E-state index in [4.69, 9.17) is 18.9 Å². The summed E-state index contributed by atoms with van der Waals surface area (Å²) in [6.45, 7) is 1.27. The smallest absolute Gasteiger partial charge is 0.289 e. The van der Waals surface area contributed by atoms with Crippen LogP contribution < -0.4 is 9.64 Å². The number of pyridine rings is 1. The predicted octanol–water partition coefficient (Wildman–Crippen LogP) is 3.19. The number of furan rings is 1. The third-order valence-electron chi connectivity index (χ3n) is 4.45. The van der Waals surface area contributed by atoms with Crippen molar-refractivity contribution in [2.45, 2.75) is 6.54 Å². The lowest BCUT2D eigenvalue weighted by atomic mass is 10.1. The summed E-state index contributed by atoms with van der Waals surface area (Å²) >= 11 is 0. The van der Waals surface area contributed by atoms with Gasteiger partial charge in [-0.25, -0.2) is 4.98 Å². The molecule has 0 saturated carbocycles. The molecule has 3 rings (SSSR count). The standard InChI is InChI=1S/C21H25N3O4/c1-23(2)20-16(12-15-7-8-17(27-4)13-18(15)22-20)14-24(9-11-26-3)21(25)19-6-5-10-28-19/h5-8,10,12-13H,9,11,14H2,1-4H3. The molecule has 0 aliphatic rings. The lowest BCUT2D eigenvalue weighted by Gasteiger charge is -2.24.